The topological polar surface area (TPSA) is 42.4 Å². The molecule has 0 N–H and O–H groups in total. The van der Waals surface area contributed by atoms with E-state index in [0.717, 1.165) is 4.47 Å². The molecule has 0 saturated carbocycles. The van der Waals surface area contributed by atoms with Crippen molar-refractivity contribution in [2.24, 2.45) is 0 Å². The largest absolute Gasteiger partial charge is 0.471 e. The normalized spacial score (nSPS) is 14.6. The summed E-state index contributed by atoms with van der Waals surface area (Å²) < 4.78 is 6.49. The molecule has 0 spiro atoms. The van der Waals surface area contributed by atoms with E-state index in [2.05, 4.69) is 20.9 Å². The molecular weight excluding hydrogens is 391 g/mol. The predicted octanol–water partition coefficient (Wildman–Crippen LogP) is 4.05. The van der Waals surface area contributed by atoms with Crippen LogP contribution >= 0.6 is 39.1 Å². The fraction of sp³-hybridized carbons (Fsp3) is 0.200. The average molecular weight is 402 g/mol. The first-order chi connectivity index (χ1) is 10.5. The van der Waals surface area contributed by atoms with Gasteiger partial charge in [-0.3, -0.25) is 4.79 Å². The Labute approximate surface area is 146 Å². The molecular formula is C15H11BrCl2N2O2. The highest BCUT2D eigenvalue weighted by Gasteiger charge is 2.33. The SMILES string of the molecule is O=C(c1cc(Br)ccc1Cl)N1CC(Oc2ccc(Cl)cn2)C1. The number of rotatable bonds is 3. The summed E-state index contributed by atoms with van der Waals surface area (Å²) >= 11 is 15.2. The Hall–Kier alpha value is -1.30. The van der Waals surface area contributed by atoms with Crippen LogP contribution in [0.5, 0.6) is 5.88 Å². The van der Waals surface area contributed by atoms with Crippen molar-refractivity contribution in [2.45, 2.75) is 6.10 Å². The lowest BCUT2D eigenvalue weighted by Gasteiger charge is -2.38. The highest BCUT2D eigenvalue weighted by atomic mass is 79.9. The summed E-state index contributed by atoms with van der Waals surface area (Å²) in [5.74, 6) is 0.400. The molecule has 2 heterocycles. The van der Waals surface area contributed by atoms with Crippen LogP contribution in [-0.4, -0.2) is 35.0 Å². The van der Waals surface area contributed by atoms with Gasteiger partial charge >= 0.3 is 0 Å². The summed E-state index contributed by atoms with van der Waals surface area (Å²) in [6.45, 7) is 1.01. The zero-order valence-corrected chi connectivity index (χ0v) is 14.4. The molecule has 1 aliphatic heterocycles. The van der Waals surface area contributed by atoms with E-state index >= 15 is 0 Å². The van der Waals surface area contributed by atoms with Gasteiger partial charge in [0.05, 0.1) is 28.7 Å². The van der Waals surface area contributed by atoms with Gasteiger partial charge in [0.15, 0.2) is 0 Å². The molecule has 2 aromatic rings. The number of carbonyl (C=O) groups excluding carboxylic acids is 1. The van der Waals surface area contributed by atoms with E-state index in [-0.39, 0.29) is 12.0 Å². The lowest BCUT2D eigenvalue weighted by atomic mass is 10.1. The number of ether oxygens (including phenoxy) is 1. The van der Waals surface area contributed by atoms with Crippen LogP contribution in [0.3, 0.4) is 0 Å². The zero-order valence-electron chi connectivity index (χ0n) is 11.3. The van der Waals surface area contributed by atoms with Crippen LogP contribution in [-0.2, 0) is 0 Å². The summed E-state index contributed by atoms with van der Waals surface area (Å²) in [5, 5.41) is 0.999. The molecule has 114 valence electrons. The second-order valence-corrected chi connectivity index (χ2v) is 6.65. The Morgan fingerprint density at radius 1 is 1.27 bits per heavy atom. The maximum Gasteiger partial charge on any atom is 0.255 e. The van der Waals surface area contributed by atoms with Gasteiger partial charge in [0.2, 0.25) is 5.88 Å². The number of hydrogen-bond acceptors (Lipinski definition) is 3. The number of carbonyl (C=O) groups is 1. The lowest BCUT2D eigenvalue weighted by Crippen LogP contribution is -2.56. The lowest BCUT2D eigenvalue weighted by molar-refractivity contribution is 0.0160. The number of benzene rings is 1. The number of pyridine rings is 1. The molecule has 1 aromatic carbocycles. The zero-order chi connectivity index (χ0) is 15.7. The number of amides is 1. The van der Waals surface area contributed by atoms with Crippen molar-refractivity contribution >= 4 is 45.0 Å². The van der Waals surface area contributed by atoms with Gasteiger partial charge in [0, 0.05) is 16.7 Å². The Kier molecular flexibility index (Phi) is 4.57. The van der Waals surface area contributed by atoms with Crippen LogP contribution in [0.2, 0.25) is 10.0 Å². The van der Waals surface area contributed by atoms with Gasteiger partial charge in [-0.15, -0.1) is 0 Å². The molecule has 1 fully saturated rings. The molecule has 1 amide bonds. The van der Waals surface area contributed by atoms with E-state index in [4.69, 9.17) is 27.9 Å². The van der Waals surface area contributed by atoms with Crippen molar-refractivity contribution in [3.8, 4) is 5.88 Å². The standard InChI is InChI=1S/C15H11BrCl2N2O2/c16-9-1-3-13(18)12(5-9)15(21)20-7-11(8-20)22-14-4-2-10(17)6-19-14/h1-6,11H,7-8H2. The van der Waals surface area contributed by atoms with Crippen LogP contribution in [0.15, 0.2) is 41.0 Å². The van der Waals surface area contributed by atoms with Crippen LogP contribution in [0, 0.1) is 0 Å². The first-order valence-corrected chi connectivity index (χ1v) is 8.10. The van der Waals surface area contributed by atoms with Crippen LogP contribution in [0.25, 0.3) is 0 Å². The quantitative estimate of drug-likeness (QED) is 0.778. The average Bonchev–Trinajstić information content (AvgIpc) is 2.46. The molecule has 0 radical (unpaired) electrons. The van der Waals surface area contributed by atoms with Gasteiger partial charge in [-0.2, -0.15) is 0 Å². The van der Waals surface area contributed by atoms with Gasteiger partial charge in [-0.1, -0.05) is 39.1 Å². The van der Waals surface area contributed by atoms with Crippen LogP contribution < -0.4 is 4.74 Å². The molecule has 1 saturated heterocycles. The molecule has 0 bridgehead atoms. The first-order valence-electron chi connectivity index (χ1n) is 6.55. The third kappa shape index (κ3) is 3.37. The highest BCUT2D eigenvalue weighted by molar-refractivity contribution is 9.10. The second-order valence-electron chi connectivity index (χ2n) is 4.89. The van der Waals surface area contributed by atoms with Gasteiger partial charge in [0.1, 0.15) is 6.10 Å². The molecule has 1 aromatic heterocycles. The molecule has 4 nitrogen and oxygen atoms in total. The highest BCUT2D eigenvalue weighted by Crippen LogP contribution is 2.25. The van der Waals surface area contributed by atoms with E-state index in [1.54, 1.807) is 35.2 Å². The first kappa shape index (κ1) is 15.6. The number of likely N-dealkylation sites (tertiary alicyclic amines) is 1. The molecule has 1 aliphatic rings. The van der Waals surface area contributed by atoms with Gasteiger partial charge in [-0.25, -0.2) is 4.98 Å². The van der Waals surface area contributed by atoms with E-state index in [1.165, 1.54) is 6.20 Å². The minimum Gasteiger partial charge on any atom is -0.471 e. The molecule has 7 heteroatoms. The van der Waals surface area contributed by atoms with Gasteiger partial charge in [0.25, 0.3) is 5.91 Å². The number of hydrogen-bond donors (Lipinski definition) is 0. The summed E-state index contributed by atoms with van der Waals surface area (Å²) in [5.41, 5.74) is 0.485. The Morgan fingerprint density at radius 2 is 2.05 bits per heavy atom. The Balaban J connectivity index is 1.60. The molecule has 0 aliphatic carbocycles. The molecule has 22 heavy (non-hydrogen) atoms. The van der Waals surface area contributed by atoms with Crippen molar-refractivity contribution in [3.63, 3.8) is 0 Å². The van der Waals surface area contributed by atoms with Gasteiger partial charge < -0.3 is 9.64 Å². The Bertz CT molecular complexity index is 703. The summed E-state index contributed by atoms with van der Waals surface area (Å²) in [7, 11) is 0. The van der Waals surface area contributed by atoms with Crippen molar-refractivity contribution < 1.29 is 9.53 Å². The maximum atomic E-state index is 12.4. The monoisotopic (exact) mass is 400 g/mol. The fourth-order valence-corrected chi connectivity index (χ4v) is 2.78. The molecule has 3 rings (SSSR count). The second kappa shape index (κ2) is 6.44. The summed E-state index contributed by atoms with van der Waals surface area (Å²) in [6, 6.07) is 8.64. The minimum absolute atomic E-state index is 0.0662. The molecule has 0 atom stereocenters. The fourth-order valence-electron chi connectivity index (χ4n) is 2.11. The molecule has 0 unspecified atom stereocenters. The van der Waals surface area contributed by atoms with Gasteiger partial charge in [-0.05, 0) is 24.3 Å². The third-order valence-electron chi connectivity index (χ3n) is 3.28. The smallest absolute Gasteiger partial charge is 0.255 e. The minimum atomic E-state index is -0.102. The van der Waals surface area contributed by atoms with E-state index in [1.807, 2.05) is 0 Å². The van der Waals surface area contributed by atoms with Crippen molar-refractivity contribution in [3.05, 3.63) is 56.6 Å². The third-order valence-corrected chi connectivity index (χ3v) is 4.33. The maximum absolute atomic E-state index is 12.4. The predicted molar refractivity (Wildman–Crippen MR) is 88.7 cm³/mol. The van der Waals surface area contributed by atoms with E-state index < -0.39 is 0 Å². The van der Waals surface area contributed by atoms with Crippen LogP contribution in [0.1, 0.15) is 10.4 Å². The number of aromatic nitrogens is 1. The van der Waals surface area contributed by atoms with Crippen molar-refractivity contribution in [1.82, 2.24) is 9.88 Å². The summed E-state index contributed by atoms with van der Waals surface area (Å²) in [4.78, 5) is 18.1. The van der Waals surface area contributed by atoms with Crippen molar-refractivity contribution in [2.75, 3.05) is 13.1 Å². The number of halogens is 3. The van der Waals surface area contributed by atoms with E-state index in [9.17, 15) is 4.79 Å². The number of nitrogens with zero attached hydrogens (tertiary/aromatic N) is 2. The Morgan fingerprint density at radius 3 is 2.73 bits per heavy atom. The summed E-state index contributed by atoms with van der Waals surface area (Å²) in [6.07, 6.45) is 1.46. The van der Waals surface area contributed by atoms with Crippen LogP contribution in [0.4, 0.5) is 0 Å². The van der Waals surface area contributed by atoms with E-state index in [0.29, 0.717) is 34.6 Å². The van der Waals surface area contributed by atoms with Crippen molar-refractivity contribution in [1.29, 1.82) is 0 Å².